The van der Waals surface area contributed by atoms with E-state index in [1.54, 1.807) is 12.1 Å². The molecule has 0 saturated heterocycles. The number of fused-ring (bicyclic) bond motifs is 1. The van der Waals surface area contributed by atoms with Gasteiger partial charge in [-0.25, -0.2) is 9.18 Å². The van der Waals surface area contributed by atoms with Crippen molar-refractivity contribution in [3.8, 4) is 5.75 Å². The van der Waals surface area contributed by atoms with Crippen LogP contribution in [0.1, 0.15) is 30.9 Å². The second-order valence-electron chi connectivity index (χ2n) is 6.49. The number of hydrogen-bond acceptors (Lipinski definition) is 3. The molecule has 1 heterocycles. The summed E-state index contributed by atoms with van der Waals surface area (Å²) in [4.78, 5) is 15.1. The zero-order valence-electron chi connectivity index (χ0n) is 15.9. The Morgan fingerprint density at radius 3 is 2.89 bits per heavy atom. The van der Waals surface area contributed by atoms with Crippen molar-refractivity contribution in [3.05, 3.63) is 71.7 Å². The normalized spacial score (nSPS) is 11.2. The van der Waals surface area contributed by atoms with Gasteiger partial charge in [-0.15, -0.1) is 0 Å². The van der Waals surface area contributed by atoms with Crippen LogP contribution < -0.4 is 4.74 Å². The lowest BCUT2D eigenvalue weighted by Crippen LogP contribution is -2.03. The molecule has 3 rings (SSSR count). The number of hydrogen-bond donors (Lipinski definition) is 1. The number of aryl methyl sites for hydroxylation is 1. The summed E-state index contributed by atoms with van der Waals surface area (Å²) in [6.45, 7) is 2.98. The molecule has 0 fully saturated rings. The molecule has 5 heteroatoms. The molecule has 2 aromatic carbocycles. The van der Waals surface area contributed by atoms with E-state index in [-0.39, 0.29) is 5.82 Å². The van der Waals surface area contributed by atoms with Gasteiger partial charge in [0.15, 0.2) is 0 Å². The van der Waals surface area contributed by atoms with E-state index in [9.17, 15) is 9.18 Å². The first kappa shape index (κ1) is 19.7. The monoisotopic (exact) mass is 381 g/mol. The highest BCUT2D eigenvalue weighted by atomic mass is 19.1. The zero-order valence-corrected chi connectivity index (χ0v) is 15.9. The van der Waals surface area contributed by atoms with Gasteiger partial charge in [-0.1, -0.05) is 25.1 Å². The minimum Gasteiger partial charge on any atom is -0.493 e. The molecule has 4 nitrogen and oxygen atoms in total. The summed E-state index contributed by atoms with van der Waals surface area (Å²) in [6.07, 6.45) is 7.28. The number of benzene rings is 2. The Morgan fingerprint density at radius 2 is 2.04 bits per heavy atom. The molecule has 1 N–H and O–H groups in total. The average Bonchev–Trinajstić information content (AvgIpc) is 3.10. The van der Waals surface area contributed by atoms with Crippen LogP contribution in [0.3, 0.4) is 0 Å². The zero-order chi connectivity index (χ0) is 19.8. The molecule has 0 aliphatic carbocycles. The van der Waals surface area contributed by atoms with Gasteiger partial charge in [-0.3, -0.25) is 0 Å². The second-order valence-corrected chi connectivity index (χ2v) is 6.49. The third kappa shape index (κ3) is 5.22. The van der Waals surface area contributed by atoms with Gasteiger partial charge in [-0.05, 0) is 55.2 Å². The summed E-state index contributed by atoms with van der Waals surface area (Å²) in [6, 6.07) is 12.2. The van der Waals surface area contributed by atoms with Gasteiger partial charge in [-0.2, -0.15) is 0 Å². The van der Waals surface area contributed by atoms with Crippen LogP contribution >= 0.6 is 0 Å². The third-order valence-electron chi connectivity index (χ3n) is 4.34. The van der Waals surface area contributed by atoms with E-state index < -0.39 is 5.97 Å². The molecule has 28 heavy (non-hydrogen) atoms. The van der Waals surface area contributed by atoms with Gasteiger partial charge in [0.05, 0.1) is 13.2 Å². The summed E-state index contributed by atoms with van der Waals surface area (Å²) < 4.78 is 24.3. The first-order valence-corrected chi connectivity index (χ1v) is 9.49. The fourth-order valence-corrected chi connectivity index (χ4v) is 2.96. The Kier molecular flexibility index (Phi) is 6.84. The quantitative estimate of drug-likeness (QED) is 0.311. The number of aromatic nitrogens is 1. The predicted octanol–water partition coefficient (Wildman–Crippen LogP) is 5.29. The van der Waals surface area contributed by atoms with Crippen molar-refractivity contribution >= 4 is 22.9 Å². The molecule has 0 aliphatic rings. The fraction of sp³-hybridized carbons (Fsp3) is 0.261. The second kappa shape index (κ2) is 9.74. The van der Waals surface area contributed by atoms with E-state index in [4.69, 9.17) is 9.47 Å². The van der Waals surface area contributed by atoms with E-state index in [1.807, 2.05) is 37.4 Å². The Balaban J connectivity index is 1.48. The van der Waals surface area contributed by atoms with Crippen LogP contribution in [0.15, 0.2) is 54.7 Å². The number of para-hydroxylation sites is 1. The van der Waals surface area contributed by atoms with Crippen LogP contribution in [0.5, 0.6) is 5.75 Å². The molecule has 0 saturated carbocycles. The van der Waals surface area contributed by atoms with Crippen molar-refractivity contribution < 1.29 is 18.7 Å². The van der Waals surface area contributed by atoms with Gasteiger partial charge in [0, 0.05) is 28.7 Å². The van der Waals surface area contributed by atoms with Crippen LogP contribution in [0.4, 0.5) is 4.39 Å². The maximum absolute atomic E-state index is 13.4. The van der Waals surface area contributed by atoms with Crippen molar-refractivity contribution in [2.75, 3.05) is 13.2 Å². The minimum atomic E-state index is -0.393. The Labute approximate surface area is 164 Å². The Morgan fingerprint density at radius 1 is 1.18 bits per heavy atom. The Bertz CT molecular complexity index is 961. The van der Waals surface area contributed by atoms with Crippen LogP contribution in [-0.4, -0.2) is 24.2 Å². The van der Waals surface area contributed by atoms with Crippen LogP contribution in [0, 0.1) is 5.82 Å². The van der Waals surface area contributed by atoms with E-state index in [0.717, 1.165) is 34.2 Å². The fourth-order valence-electron chi connectivity index (χ4n) is 2.96. The van der Waals surface area contributed by atoms with Crippen molar-refractivity contribution in [3.63, 3.8) is 0 Å². The highest BCUT2D eigenvalue weighted by Gasteiger charge is 2.06. The maximum atomic E-state index is 13.4. The number of ether oxygens (including phenoxy) is 2. The first-order valence-electron chi connectivity index (χ1n) is 9.49. The molecule has 0 atom stereocenters. The van der Waals surface area contributed by atoms with E-state index >= 15 is 0 Å². The largest absolute Gasteiger partial charge is 0.493 e. The Hall–Kier alpha value is -3.08. The molecule has 0 radical (unpaired) electrons. The number of H-pyrrole nitrogens is 1. The lowest BCUT2D eigenvalue weighted by molar-refractivity contribution is -0.137. The summed E-state index contributed by atoms with van der Waals surface area (Å²) in [5.74, 6) is 0.100. The van der Waals surface area contributed by atoms with Crippen LogP contribution in [-0.2, 0) is 16.0 Å². The van der Waals surface area contributed by atoms with Crippen LogP contribution in [0.25, 0.3) is 17.0 Å². The molecular formula is C23H24FNO3. The lowest BCUT2D eigenvalue weighted by Gasteiger charge is -2.07. The summed E-state index contributed by atoms with van der Waals surface area (Å²) in [5.41, 5.74) is 2.76. The van der Waals surface area contributed by atoms with Crippen LogP contribution in [0.2, 0.25) is 0 Å². The number of aromatic amines is 1. The standard InChI is InChI=1S/C23H24FNO3/c1-2-13-27-22-8-4-3-6-17(22)9-12-23(26)28-14-5-7-18-16-25-21-11-10-19(24)15-20(18)21/h3-4,6,8-12,15-16,25H,2,5,7,13-14H2,1H3/b12-9+. The summed E-state index contributed by atoms with van der Waals surface area (Å²) in [5, 5.41) is 0.870. The lowest BCUT2D eigenvalue weighted by atomic mass is 10.1. The van der Waals surface area contributed by atoms with Gasteiger partial charge in [0.1, 0.15) is 11.6 Å². The van der Waals surface area contributed by atoms with E-state index in [0.29, 0.717) is 26.1 Å². The number of esters is 1. The van der Waals surface area contributed by atoms with Crippen molar-refractivity contribution in [1.29, 1.82) is 0 Å². The molecule has 0 bridgehead atoms. The molecule has 0 amide bonds. The molecule has 0 aliphatic heterocycles. The summed E-state index contributed by atoms with van der Waals surface area (Å²) in [7, 11) is 0. The van der Waals surface area contributed by atoms with Gasteiger partial charge in [0.25, 0.3) is 0 Å². The number of rotatable bonds is 9. The number of carbonyl (C=O) groups excluding carboxylic acids is 1. The summed E-state index contributed by atoms with van der Waals surface area (Å²) >= 11 is 0. The molecule has 1 aromatic heterocycles. The van der Waals surface area contributed by atoms with E-state index in [1.165, 1.54) is 18.2 Å². The maximum Gasteiger partial charge on any atom is 0.330 e. The molecule has 146 valence electrons. The SMILES string of the molecule is CCCOc1ccccc1/C=C/C(=O)OCCCc1c[nH]c2ccc(F)cc12. The smallest absolute Gasteiger partial charge is 0.330 e. The number of nitrogens with one attached hydrogen (secondary N) is 1. The molecular weight excluding hydrogens is 357 g/mol. The first-order chi connectivity index (χ1) is 13.7. The van der Waals surface area contributed by atoms with Crippen molar-refractivity contribution in [1.82, 2.24) is 4.98 Å². The van der Waals surface area contributed by atoms with Gasteiger partial charge in [0.2, 0.25) is 0 Å². The minimum absolute atomic E-state index is 0.256. The van der Waals surface area contributed by atoms with Crippen molar-refractivity contribution in [2.24, 2.45) is 0 Å². The molecule has 0 spiro atoms. The van der Waals surface area contributed by atoms with Gasteiger partial charge >= 0.3 is 5.97 Å². The van der Waals surface area contributed by atoms with Gasteiger partial charge < -0.3 is 14.5 Å². The third-order valence-corrected chi connectivity index (χ3v) is 4.34. The molecule has 0 unspecified atom stereocenters. The number of halogens is 1. The number of carbonyl (C=O) groups is 1. The predicted molar refractivity (Wildman–Crippen MR) is 109 cm³/mol. The van der Waals surface area contributed by atoms with Crippen molar-refractivity contribution in [2.45, 2.75) is 26.2 Å². The molecule has 3 aromatic rings. The van der Waals surface area contributed by atoms with E-state index in [2.05, 4.69) is 4.98 Å². The topological polar surface area (TPSA) is 51.3 Å². The highest BCUT2D eigenvalue weighted by molar-refractivity contribution is 5.87. The highest BCUT2D eigenvalue weighted by Crippen LogP contribution is 2.21. The average molecular weight is 381 g/mol.